The van der Waals surface area contributed by atoms with Crippen LogP contribution in [0.25, 0.3) is 0 Å². The van der Waals surface area contributed by atoms with Crippen LogP contribution < -0.4 is 5.32 Å². The normalized spacial score (nSPS) is 12.2. The summed E-state index contributed by atoms with van der Waals surface area (Å²) in [5, 5.41) is 3.03. The summed E-state index contributed by atoms with van der Waals surface area (Å²) in [6.07, 6.45) is 2.59. The van der Waals surface area contributed by atoms with Gasteiger partial charge in [0.15, 0.2) is 0 Å². The number of benzene rings is 1. The van der Waals surface area contributed by atoms with Gasteiger partial charge in [-0.15, -0.1) is 0 Å². The van der Waals surface area contributed by atoms with E-state index in [0.29, 0.717) is 5.69 Å². The Morgan fingerprint density at radius 1 is 1.26 bits per heavy atom. The van der Waals surface area contributed by atoms with Gasteiger partial charge in [-0.1, -0.05) is 35.0 Å². The number of carbonyl (C=O) groups excluding carboxylic acids is 1. The summed E-state index contributed by atoms with van der Waals surface area (Å²) in [5.74, 6) is -0.0968. The second-order valence-electron chi connectivity index (χ2n) is 4.22. The van der Waals surface area contributed by atoms with Gasteiger partial charge in [-0.3, -0.25) is 4.79 Å². The maximum absolute atomic E-state index is 12.1. The molecule has 1 unspecified atom stereocenters. The zero-order valence-electron chi connectivity index (χ0n) is 10.4. The third-order valence-corrected chi connectivity index (χ3v) is 3.86. The summed E-state index contributed by atoms with van der Waals surface area (Å²) in [7, 11) is 0. The molecule has 0 aliphatic carbocycles. The highest BCUT2D eigenvalue weighted by Crippen LogP contribution is 2.20. The number of hydrogen-bond donors (Lipinski definition) is 2. The fraction of sp³-hybridized carbons (Fsp3) is 0.214. The van der Waals surface area contributed by atoms with E-state index >= 15 is 0 Å². The average molecular weight is 386 g/mol. The Bertz CT molecular complexity index is 563. The fourth-order valence-corrected chi connectivity index (χ4v) is 2.46. The molecule has 1 atom stereocenters. The van der Waals surface area contributed by atoms with E-state index in [0.717, 1.165) is 20.9 Å². The molecular weight excluding hydrogens is 372 g/mol. The van der Waals surface area contributed by atoms with E-state index in [1.165, 1.54) is 0 Å². The van der Waals surface area contributed by atoms with Gasteiger partial charge in [-0.25, -0.2) is 0 Å². The molecule has 2 rings (SSSR count). The van der Waals surface area contributed by atoms with Crippen molar-refractivity contribution in [3.05, 3.63) is 56.7 Å². The van der Waals surface area contributed by atoms with E-state index in [1.54, 1.807) is 12.3 Å². The molecule has 2 aromatic rings. The second kappa shape index (κ2) is 6.39. The molecule has 0 saturated heterocycles. The summed E-state index contributed by atoms with van der Waals surface area (Å²) < 4.78 is 1.90. The van der Waals surface area contributed by atoms with Crippen molar-refractivity contribution in [3.63, 3.8) is 0 Å². The summed E-state index contributed by atoms with van der Waals surface area (Å²) in [5.41, 5.74) is 1.66. The molecule has 0 bridgehead atoms. The largest absolute Gasteiger partial charge is 0.356 e. The number of aromatic nitrogens is 1. The lowest BCUT2D eigenvalue weighted by Gasteiger charge is -2.17. The van der Waals surface area contributed by atoms with E-state index in [2.05, 4.69) is 49.1 Å². The van der Waals surface area contributed by atoms with E-state index in [-0.39, 0.29) is 11.9 Å². The Hall–Kier alpha value is -1.07. The quantitative estimate of drug-likeness (QED) is 0.803. The lowest BCUT2D eigenvalue weighted by atomic mass is 10.0. The predicted molar refractivity (Wildman–Crippen MR) is 83.1 cm³/mol. The summed E-state index contributed by atoms with van der Waals surface area (Å²) in [6, 6.07) is 9.78. The smallest absolute Gasteiger partial charge is 0.268 e. The molecular formula is C14H14Br2N2O. The van der Waals surface area contributed by atoms with E-state index in [9.17, 15) is 4.79 Å². The highest BCUT2D eigenvalue weighted by atomic mass is 79.9. The van der Waals surface area contributed by atoms with Crippen LogP contribution in [0.15, 0.2) is 45.5 Å². The fourth-order valence-electron chi connectivity index (χ4n) is 1.85. The van der Waals surface area contributed by atoms with Crippen molar-refractivity contribution in [2.24, 2.45) is 0 Å². The minimum Gasteiger partial charge on any atom is -0.356 e. The number of H-pyrrole nitrogens is 1. The van der Waals surface area contributed by atoms with Crippen LogP contribution in [-0.4, -0.2) is 10.9 Å². The van der Waals surface area contributed by atoms with Crippen molar-refractivity contribution in [2.75, 3.05) is 0 Å². The van der Waals surface area contributed by atoms with Crippen molar-refractivity contribution in [1.82, 2.24) is 10.3 Å². The molecule has 1 aromatic heterocycles. The molecule has 0 radical (unpaired) electrons. The molecule has 1 amide bonds. The first-order valence-corrected chi connectivity index (χ1v) is 7.59. The van der Waals surface area contributed by atoms with Crippen LogP contribution in [0.1, 0.15) is 35.4 Å². The molecule has 0 aliphatic heterocycles. The number of carbonyl (C=O) groups is 1. The number of rotatable bonds is 4. The summed E-state index contributed by atoms with van der Waals surface area (Å²) >= 11 is 6.73. The van der Waals surface area contributed by atoms with Gasteiger partial charge in [0.2, 0.25) is 0 Å². The SMILES string of the molecule is CCC(NC(=O)c1cc(Br)c[nH]1)c1ccc(Br)cc1. The third kappa shape index (κ3) is 3.70. The van der Waals surface area contributed by atoms with Gasteiger partial charge in [0.05, 0.1) is 6.04 Å². The Kier molecular flexibility index (Phi) is 4.82. The highest BCUT2D eigenvalue weighted by molar-refractivity contribution is 9.10. The van der Waals surface area contributed by atoms with Crippen LogP contribution in [-0.2, 0) is 0 Å². The van der Waals surface area contributed by atoms with Crippen LogP contribution in [0.3, 0.4) is 0 Å². The average Bonchev–Trinajstić information content (AvgIpc) is 2.84. The first-order valence-electron chi connectivity index (χ1n) is 6.00. The van der Waals surface area contributed by atoms with Gasteiger partial charge >= 0.3 is 0 Å². The van der Waals surface area contributed by atoms with E-state index < -0.39 is 0 Å². The molecule has 100 valence electrons. The van der Waals surface area contributed by atoms with Crippen LogP contribution in [0.5, 0.6) is 0 Å². The minimum absolute atomic E-state index is 0.0164. The number of halogens is 2. The van der Waals surface area contributed by atoms with Gasteiger partial charge < -0.3 is 10.3 Å². The van der Waals surface area contributed by atoms with Crippen LogP contribution in [0.2, 0.25) is 0 Å². The first-order chi connectivity index (χ1) is 9.10. The number of aromatic amines is 1. The van der Waals surface area contributed by atoms with Crippen LogP contribution in [0.4, 0.5) is 0 Å². The van der Waals surface area contributed by atoms with Gasteiger partial charge in [0.25, 0.3) is 5.91 Å². The Balaban J connectivity index is 2.11. The lowest BCUT2D eigenvalue weighted by Crippen LogP contribution is -2.28. The van der Waals surface area contributed by atoms with Gasteiger partial charge in [0.1, 0.15) is 5.69 Å². The number of nitrogens with one attached hydrogen (secondary N) is 2. The molecule has 3 nitrogen and oxygen atoms in total. The molecule has 5 heteroatoms. The first kappa shape index (κ1) is 14.3. The third-order valence-electron chi connectivity index (χ3n) is 2.88. The number of hydrogen-bond acceptors (Lipinski definition) is 1. The highest BCUT2D eigenvalue weighted by Gasteiger charge is 2.15. The molecule has 0 spiro atoms. The molecule has 0 saturated carbocycles. The second-order valence-corrected chi connectivity index (χ2v) is 6.05. The van der Waals surface area contributed by atoms with Crippen molar-refractivity contribution in [2.45, 2.75) is 19.4 Å². The van der Waals surface area contributed by atoms with Crippen molar-refractivity contribution >= 4 is 37.8 Å². The van der Waals surface area contributed by atoms with E-state index in [1.807, 2.05) is 24.3 Å². The lowest BCUT2D eigenvalue weighted by molar-refractivity contribution is 0.0931. The topological polar surface area (TPSA) is 44.9 Å². The molecule has 0 fully saturated rings. The van der Waals surface area contributed by atoms with Crippen molar-refractivity contribution < 1.29 is 4.79 Å². The van der Waals surface area contributed by atoms with Gasteiger partial charge in [-0.2, -0.15) is 0 Å². The summed E-state index contributed by atoms with van der Waals surface area (Å²) in [4.78, 5) is 15.0. The zero-order chi connectivity index (χ0) is 13.8. The molecule has 0 aliphatic rings. The Morgan fingerprint density at radius 3 is 2.47 bits per heavy atom. The molecule has 19 heavy (non-hydrogen) atoms. The molecule has 2 N–H and O–H groups in total. The number of amides is 1. The predicted octanol–water partition coefficient (Wildman–Crippen LogP) is 4.42. The maximum Gasteiger partial charge on any atom is 0.268 e. The monoisotopic (exact) mass is 384 g/mol. The maximum atomic E-state index is 12.1. The van der Waals surface area contributed by atoms with Crippen LogP contribution >= 0.6 is 31.9 Å². The Labute approximate surface area is 129 Å². The van der Waals surface area contributed by atoms with E-state index in [4.69, 9.17) is 0 Å². The van der Waals surface area contributed by atoms with Crippen molar-refractivity contribution in [1.29, 1.82) is 0 Å². The molecule has 1 heterocycles. The van der Waals surface area contributed by atoms with Crippen LogP contribution in [0, 0.1) is 0 Å². The zero-order valence-corrected chi connectivity index (χ0v) is 13.6. The molecule has 1 aromatic carbocycles. The van der Waals surface area contributed by atoms with Crippen molar-refractivity contribution in [3.8, 4) is 0 Å². The summed E-state index contributed by atoms with van der Waals surface area (Å²) in [6.45, 7) is 2.05. The van der Waals surface area contributed by atoms with Gasteiger partial charge in [0, 0.05) is 15.1 Å². The minimum atomic E-state index is -0.0968. The Morgan fingerprint density at radius 2 is 1.95 bits per heavy atom. The van der Waals surface area contributed by atoms with Gasteiger partial charge in [-0.05, 0) is 46.1 Å². The standard InChI is InChI=1S/C14H14Br2N2O/c1-2-12(9-3-5-10(15)6-4-9)18-14(19)13-7-11(16)8-17-13/h3-8,12,17H,2H2,1H3,(H,18,19).